The molecule has 102 valence electrons. The topological polar surface area (TPSA) is 49.4 Å². The van der Waals surface area contributed by atoms with Gasteiger partial charge in [0.2, 0.25) is 5.91 Å². The van der Waals surface area contributed by atoms with E-state index in [1.165, 1.54) is 11.8 Å². The maximum atomic E-state index is 11.9. The minimum absolute atomic E-state index is 0.0226. The van der Waals surface area contributed by atoms with Crippen LogP contribution >= 0.6 is 23.4 Å². The van der Waals surface area contributed by atoms with Crippen LogP contribution in [0.4, 0.5) is 4.79 Å². The molecule has 0 spiro atoms. The van der Waals surface area contributed by atoms with Gasteiger partial charge in [-0.15, -0.1) is 0 Å². The number of amides is 2. The number of hydrogen-bond acceptors (Lipinski definition) is 3. The van der Waals surface area contributed by atoms with Gasteiger partial charge in [-0.3, -0.25) is 9.59 Å². The molecule has 19 heavy (non-hydrogen) atoms. The Kier molecular flexibility index (Phi) is 4.71. The number of carbonyl (C=O) groups excluding carboxylic acids is 2. The molecule has 1 aliphatic rings. The van der Waals surface area contributed by atoms with Crippen molar-refractivity contribution in [2.45, 2.75) is 13.0 Å². The standard InChI is InChI=1S/C13H15ClN2O2S/c1-9(10-3-2-4-11(14)7-10)15-12(17)8-16-5-6-19-13(16)18/h2-4,7,9H,5-6,8H2,1H3,(H,15,17)/t9-/m0/s1. The molecule has 1 heterocycles. The summed E-state index contributed by atoms with van der Waals surface area (Å²) in [5, 5.41) is 3.49. The fourth-order valence-electron chi connectivity index (χ4n) is 1.89. The number of hydrogen-bond donors (Lipinski definition) is 1. The van der Waals surface area contributed by atoms with E-state index in [1.54, 1.807) is 11.0 Å². The maximum Gasteiger partial charge on any atom is 0.282 e. The highest BCUT2D eigenvalue weighted by atomic mass is 35.5. The highest BCUT2D eigenvalue weighted by Gasteiger charge is 2.23. The third-order valence-electron chi connectivity index (χ3n) is 2.91. The second kappa shape index (κ2) is 6.30. The molecule has 1 aromatic rings. The van der Waals surface area contributed by atoms with Gasteiger partial charge < -0.3 is 10.2 Å². The van der Waals surface area contributed by atoms with E-state index in [2.05, 4.69) is 5.32 Å². The third kappa shape index (κ3) is 3.88. The molecule has 0 aliphatic carbocycles. The summed E-state index contributed by atoms with van der Waals surface area (Å²) in [7, 11) is 0. The minimum Gasteiger partial charge on any atom is -0.348 e. The number of benzene rings is 1. The molecule has 1 aromatic carbocycles. The van der Waals surface area contributed by atoms with E-state index in [1.807, 2.05) is 25.1 Å². The number of thioether (sulfide) groups is 1. The molecule has 1 aliphatic heterocycles. The zero-order valence-corrected chi connectivity index (χ0v) is 12.1. The Balaban J connectivity index is 1.89. The van der Waals surface area contributed by atoms with Crippen molar-refractivity contribution in [3.63, 3.8) is 0 Å². The van der Waals surface area contributed by atoms with E-state index < -0.39 is 0 Å². The van der Waals surface area contributed by atoms with Crippen LogP contribution in [0.3, 0.4) is 0 Å². The first-order valence-corrected chi connectivity index (χ1v) is 7.39. The average molecular weight is 299 g/mol. The molecule has 0 aromatic heterocycles. The van der Waals surface area contributed by atoms with Gasteiger partial charge in [0.15, 0.2) is 0 Å². The van der Waals surface area contributed by atoms with Crippen molar-refractivity contribution in [1.29, 1.82) is 0 Å². The predicted octanol–water partition coefficient (Wildman–Crippen LogP) is 2.69. The lowest BCUT2D eigenvalue weighted by Crippen LogP contribution is -2.38. The monoisotopic (exact) mass is 298 g/mol. The summed E-state index contributed by atoms with van der Waals surface area (Å²) < 4.78 is 0. The summed E-state index contributed by atoms with van der Waals surface area (Å²) in [6.45, 7) is 2.66. The van der Waals surface area contributed by atoms with Gasteiger partial charge in [0, 0.05) is 17.3 Å². The fourth-order valence-corrected chi connectivity index (χ4v) is 2.91. The van der Waals surface area contributed by atoms with Gasteiger partial charge in [0.05, 0.1) is 6.04 Å². The van der Waals surface area contributed by atoms with Crippen molar-refractivity contribution in [1.82, 2.24) is 10.2 Å². The summed E-state index contributed by atoms with van der Waals surface area (Å²) in [5.74, 6) is 0.610. The molecule has 6 heteroatoms. The van der Waals surface area contributed by atoms with Crippen LogP contribution in [0.2, 0.25) is 5.02 Å². The van der Waals surface area contributed by atoms with Crippen LogP contribution in [-0.4, -0.2) is 34.9 Å². The van der Waals surface area contributed by atoms with Gasteiger partial charge in [-0.05, 0) is 24.6 Å². The van der Waals surface area contributed by atoms with Crippen LogP contribution in [0.15, 0.2) is 24.3 Å². The fraction of sp³-hybridized carbons (Fsp3) is 0.385. The van der Waals surface area contributed by atoms with Crippen LogP contribution in [0.5, 0.6) is 0 Å². The van der Waals surface area contributed by atoms with Gasteiger partial charge in [-0.2, -0.15) is 0 Å². The number of halogens is 1. The van der Waals surface area contributed by atoms with E-state index in [0.717, 1.165) is 11.3 Å². The van der Waals surface area contributed by atoms with Crippen LogP contribution in [-0.2, 0) is 4.79 Å². The molecule has 0 radical (unpaired) electrons. The van der Waals surface area contributed by atoms with Crippen molar-refractivity contribution in [2.75, 3.05) is 18.8 Å². The molecule has 1 saturated heterocycles. The van der Waals surface area contributed by atoms with E-state index in [9.17, 15) is 9.59 Å². The number of rotatable bonds is 4. The number of nitrogens with zero attached hydrogens (tertiary/aromatic N) is 1. The second-order valence-electron chi connectivity index (χ2n) is 4.38. The normalized spacial score (nSPS) is 16.5. The van der Waals surface area contributed by atoms with Gasteiger partial charge in [-0.1, -0.05) is 35.5 Å². The Labute approximate surface area is 121 Å². The van der Waals surface area contributed by atoms with E-state index in [0.29, 0.717) is 11.6 Å². The van der Waals surface area contributed by atoms with Crippen molar-refractivity contribution < 1.29 is 9.59 Å². The van der Waals surface area contributed by atoms with Crippen molar-refractivity contribution in [2.24, 2.45) is 0 Å². The van der Waals surface area contributed by atoms with Crippen LogP contribution in [0, 0.1) is 0 Å². The predicted molar refractivity (Wildman–Crippen MR) is 77.4 cm³/mol. The summed E-state index contributed by atoms with van der Waals surface area (Å²) in [6.07, 6.45) is 0. The minimum atomic E-state index is -0.150. The molecular weight excluding hydrogens is 284 g/mol. The zero-order valence-electron chi connectivity index (χ0n) is 10.6. The van der Waals surface area contributed by atoms with Gasteiger partial charge in [0.25, 0.3) is 5.24 Å². The van der Waals surface area contributed by atoms with Crippen LogP contribution in [0.25, 0.3) is 0 Å². The smallest absolute Gasteiger partial charge is 0.282 e. The molecule has 1 N–H and O–H groups in total. The summed E-state index contributed by atoms with van der Waals surface area (Å²) in [6, 6.07) is 7.24. The van der Waals surface area contributed by atoms with Gasteiger partial charge >= 0.3 is 0 Å². The Hall–Kier alpha value is -1.20. The Morgan fingerprint density at radius 3 is 3.00 bits per heavy atom. The quantitative estimate of drug-likeness (QED) is 0.930. The molecule has 4 nitrogen and oxygen atoms in total. The van der Waals surface area contributed by atoms with Gasteiger partial charge in [-0.25, -0.2) is 0 Å². The zero-order chi connectivity index (χ0) is 13.8. The van der Waals surface area contributed by atoms with Crippen molar-refractivity contribution in [3.8, 4) is 0 Å². The highest BCUT2D eigenvalue weighted by molar-refractivity contribution is 8.13. The van der Waals surface area contributed by atoms with E-state index in [4.69, 9.17) is 11.6 Å². The molecule has 1 atom stereocenters. The van der Waals surface area contributed by atoms with Crippen LogP contribution < -0.4 is 5.32 Å². The van der Waals surface area contributed by atoms with Crippen molar-refractivity contribution in [3.05, 3.63) is 34.9 Å². The molecular formula is C13H15ClN2O2S. The highest BCUT2D eigenvalue weighted by Crippen LogP contribution is 2.18. The first-order valence-electron chi connectivity index (χ1n) is 6.03. The largest absolute Gasteiger partial charge is 0.348 e. The summed E-state index contributed by atoms with van der Waals surface area (Å²) in [5.41, 5.74) is 0.947. The lowest BCUT2D eigenvalue weighted by Gasteiger charge is -2.18. The van der Waals surface area contributed by atoms with Crippen LogP contribution in [0.1, 0.15) is 18.5 Å². The summed E-state index contributed by atoms with van der Waals surface area (Å²) >= 11 is 7.17. The molecule has 0 unspecified atom stereocenters. The van der Waals surface area contributed by atoms with Crippen molar-refractivity contribution >= 4 is 34.5 Å². The Morgan fingerprint density at radius 1 is 1.58 bits per heavy atom. The molecule has 2 rings (SSSR count). The third-order valence-corrected chi connectivity index (χ3v) is 4.03. The lowest BCUT2D eigenvalue weighted by molar-refractivity contribution is -0.122. The first kappa shape index (κ1) is 14.2. The maximum absolute atomic E-state index is 11.9. The molecule has 0 saturated carbocycles. The molecule has 0 bridgehead atoms. The average Bonchev–Trinajstić information content (AvgIpc) is 2.75. The molecule has 2 amide bonds. The second-order valence-corrected chi connectivity index (χ2v) is 5.86. The number of carbonyl (C=O) groups is 2. The SMILES string of the molecule is C[C@H](NC(=O)CN1CCSC1=O)c1cccc(Cl)c1. The summed E-state index contributed by atoms with van der Waals surface area (Å²) in [4.78, 5) is 24.8. The Bertz CT molecular complexity index is 495. The molecule has 1 fully saturated rings. The lowest BCUT2D eigenvalue weighted by atomic mass is 10.1. The van der Waals surface area contributed by atoms with E-state index >= 15 is 0 Å². The van der Waals surface area contributed by atoms with E-state index in [-0.39, 0.29) is 23.7 Å². The Morgan fingerprint density at radius 2 is 2.37 bits per heavy atom. The number of nitrogens with one attached hydrogen (secondary N) is 1. The van der Waals surface area contributed by atoms with Gasteiger partial charge in [0.1, 0.15) is 6.54 Å². The first-order chi connectivity index (χ1) is 9.06.